The zero-order valence-electron chi connectivity index (χ0n) is 12.4. The topological polar surface area (TPSA) is 33.1 Å². The van der Waals surface area contributed by atoms with Crippen LogP contribution in [-0.4, -0.2) is 39.9 Å². The maximum absolute atomic E-state index is 6.40. The summed E-state index contributed by atoms with van der Waals surface area (Å²) in [7, 11) is 0. The van der Waals surface area contributed by atoms with Gasteiger partial charge in [0.1, 0.15) is 0 Å². The van der Waals surface area contributed by atoms with Crippen LogP contribution in [0.1, 0.15) is 38.6 Å². The van der Waals surface area contributed by atoms with Crippen molar-refractivity contribution >= 4 is 11.6 Å². The van der Waals surface area contributed by atoms with Crippen LogP contribution in [-0.2, 0) is 13.1 Å². The van der Waals surface area contributed by atoms with Crippen LogP contribution in [0.4, 0.5) is 0 Å². The summed E-state index contributed by atoms with van der Waals surface area (Å²) in [5.41, 5.74) is 2.10. The molecular weight excluding hydrogens is 260 g/mol. The zero-order chi connectivity index (χ0) is 14.0. The first-order valence-corrected chi connectivity index (χ1v) is 7.63. The second-order valence-electron chi connectivity index (χ2n) is 5.45. The minimum absolute atomic E-state index is 0.541. The first-order chi connectivity index (χ1) is 9.06. The second-order valence-corrected chi connectivity index (χ2v) is 5.83. The molecule has 1 aliphatic rings. The van der Waals surface area contributed by atoms with E-state index in [9.17, 15) is 0 Å². The standard InChI is InChI=1S/C14H25ClN4/c1-5-12-8-18(10(3)7-16-12)9-13-14(15)11(4)17-19(13)6-2/h10,12,16H,5-9H2,1-4H3. The highest BCUT2D eigenvalue weighted by atomic mass is 35.5. The number of piperazine rings is 1. The fraction of sp³-hybridized carbons (Fsp3) is 0.786. The summed E-state index contributed by atoms with van der Waals surface area (Å²) < 4.78 is 2.04. The van der Waals surface area contributed by atoms with E-state index in [1.165, 1.54) is 6.42 Å². The second kappa shape index (κ2) is 6.25. The molecule has 1 N–H and O–H groups in total. The molecule has 0 bridgehead atoms. The summed E-state index contributed by atoms with van der Waals surface area (Å²) in [5.74, 6) is 0. The van der Waals surface area contributed by atoms with Crippen molar-refractivity contribution in [3.63, 3.8) is 0 Å². The zero-order valence-corrected chi connectivity index (χ0v) is 13.2. The Morgan fingerprint density at radius 1 is 1.42 bits per heavy atom. The van der Waals surface area contributed by atoms with E-state index in [0.717, 1.165) is 42.6 Å². The van der Waals surface area contributed by atoms with E-state index in [-0.39, 0.29) is 0 Å². The van der Waals surface area contributed by atoms with Crippen LogP contribution < -0.4 is 5.32 Å². The Labute approximate surface area is 121 Å². The Hall–Kier alpha value is -0.580. The molecule has 2 unspecified atom stereocenters. The minimum atomic E-state index is 0.541. The lowest BCUT2D eigenvalue weighted by Gasteiger charge is -2.38. The highest BCUT2D eigenvalue weighted by molar-refractivity contribution is 6.31. The van der Waals surface area contributed by atoms with Gasteiger partial charge in [0.25, 0.3) is 0 Å². The Morgan fingerprint density at radius 3 is 2.79 bits per heavy atom. The summed E-state index contributed by atoms with van der Waals surface area (Å²) in [4.78, 5) is 2.51. The van der Waals surface area contributed by atoms with Crippen LogP contribution in [0, 0.1) is 6.92 Å². The molecule has 1 saturated heterocycles. The van der Waals surface area contributed by atoms with E-state index in [1.54, 1.807) is 0 Å². The fourth-order valence-corrected chi connectivity index (χ4v) is 2.90. The van der Waals surface area contributed by atoms with Crippen molar-refractivity contribution in [3.8, 4) is 0 Å². The van der Waals surface area contributed by atoms with Crippen LogP contribution in [0.2, 0.25) is 5.02 Å². The van der Waals surface area contributed by atoms with Gasteiger partial charge < -0.3 is 5.32 Å². The number of nitrogens with zero attached hydrogens (tertiary/aromatic N) is 3. The number of hydrogen-bond acceptors (Lipinski definition) is 3. The molecule has 4 nitrogen and oxygen atoms in total. The van der Waals surface area contributed by atoms with Gasteiger partial charge in [-0.2, -0.15) is 5.10 Å². The van der Waals surface area contributed by atoms with E-state index < -0.39 is 0 Å². The number of aromatic nitrogens is 2. The first-order valence-electron chi connectivity index (χ1n) is 7.26. The molecular formula is C14H25ClN4. The fourth-order valence-electron chi connectivity index (χ4n) is 2.70. The van der Waals surface area contributed by atoms with Gasteiger partial charge in [-0.3, -0.25) is 9.58 Å². The van der Waals surface area contributed by atoms with E-state index in [1.807, 2.05) is 11.6 Å². The highest BCUT2D eigenvalue weighted by Crippen LogP contribution is 2.23. The summed E-state index contributed by atoms with van der Waals surface area (Å²) in [6.45, 7) is 12.5. The largest absolute Gasteiger partial charge is 0.311 e. The molecule has 0 aromatic carbocycles. The molecule has 5 heteroatoms. The molecule has 108 valence electrons. The molecule has 2 atom stereocenters. The van der Waals surface area contributed by atoms with Crippen LogP contribution >= 0.6 is 11.6 Å². The molecule has 1 fully saturated rings. The smallest absolute Gasteiger partial charge is 0.0860 e. The molecule has 19 heavy (non-hydrogen) atoms. The van der Waals surface area contributed by atoms with Gasteiger partial charge in [0.15, 0.2) is 0 Å². The molecule has 0 saturated carbocycles. The molecule has 1 aliphatic heterocycles. The van der Waals surface area contributed by atoms with Crippen molar-refractivity contribution in [2.24, 2.45) is 0 Å². The van der Waals surface area contributed by atoms with Gasteiger partial charge in [-0.05, 0) is 27.2 Å². The molecule has 0 spiro atoms. The lowest BCUT2D eigenvalue weighted by Crippen LogP contribution is -2.54. The summed E-state index contributed by atoms with van der Waals surface area (Å²) in [6.07, 6.45) is 1.17. The summed E-state index contributed by atoms with van der Waals surface area (Å²) in [5, 5.41) is 8.92. The average molecular weight is 285 g/mol. The minimum Gasteiger partial charge on any atom is -0.311 e. The predicted molar refractivity (Wildman–Crippen MR) is 79.6 cm³/mol. The number of halogens is 1. The van der Waals surface area contributed by atoms with Gasteiger partial charge in [0, 0.05) is 38.3 Å². The van der Waals surface area contributed by atoms with Crippen LogP contribution in [0.5, 0.6) is 0 Å². The third-order valence-corrected chi connectivity index (χ3v) is 4.57. The third kappa shape index (κ3) is 3.12. The molecule has 2 heterocycles. The van der Waals surface area contributed by atoms with E-state index in [4.69, 9.17) is 11.6 Å². The number of rotatable bonds is 4. The van der Waals surface area contributed by atoms with E-state index in [2.05, 4.69) is 36.1 Å². The molecule has 2 rings (SSSR count). The normalized spacial score (nSPS) is 24.9. The van der Waals surface area contributed by atoms with Crippen molar-refractivity contribution in [2.75, 3.05) is 13.1 Å². The molecule has 0 radical (unpaired) electrons. The SMILES string of the molecule is CCC1CN(Cc2c(Cl)c(C)nn2CC)C(C)CN1. The maximum Gasteiger partial charge on any atom is 0.0860 e. The van der Waals surface area contributed by atoms with Crippen molar-refractivity contribution in [1.29, 1.82) is 0 Å². The Kier molecular flexibility index (Phi) is 4.87. The Balaban J connectivity index is 2.15. The van der Waals surface area contributed by atoms with Crippen LogP contribution in [0.3, 0.4) is 0 Å². The summed E-state index contributed by atoms with van der Waals surface area (Å²) in [6, 6.07) is 1.13. The molecule has 0 amide bonds. The van der Waals surface area contributed by atoms with Gasteiger partial charge in [-0.15, -0.1) is 0 Å². The van der Waals surface area contributed by atoms with Crippen LogP contribution in [0.25, 0.3) is 0 Å². The lowest BCUT2D eigenvalue weighted by atomic mass is 10.1. The molecule has 1 aromatic rings. The van der Waals surface area contributed by atoms with Crippen molar-refractivity contribution in [3.05, 3.63) is 16.4 Å². The van der Waals surface area contributed by atoms with Gasteiger partial charge in [0.2, 0.25) is 0 Å². The number of nitrogens with one attached hydrogen (secondary N) is 1. The van der Waals surface area contributed by atoms with Crippen molar-refractivity contribution in [2.45, 2.75) is 59.3 Å². The van der Waals surface area contributed by atoms with Gasteiger partial charge in [0.05, 0.1) is 16.4 Å². The van der Waals surface area contributed by atoms with E-state index >= 15 is 0 Å². The molecule has 1 aromatic heterocycles. The predicted octanol–water partition coefficient (Wildman–Crippen LogP) is 2.44. The van der Waals surface area contributed by atoms with Crippen molar-refractivity contribution < 1.29 is 0 Å². The number of hydrogen-bond donors (Lipinski definition) is 1. The van der Waals surface area contributed by atoms with E-state index in [0.29, 0.717) is 12.1 Å². The summed E-state index contributed by atoms with van der Waals surface area (Å²) >= 11 is 6.40. The Morgan fingerprint density at radius 2 is 2.16 bits per heavy atom. The van der Waals surface area contributed by atoms with Crippen molar-refractivity contribution in [1.82, 2.24) is 20.0 Å². The quantitative estimate of drug-likeness (QED) is 0.922. The highest BCUT2D eigenvalue weighted by Gasteiger charge is 2.26. The van der Waals surface area contributed by atoms with Gasteiger partial charge in [-0.1, -0.05) is 18.5 Å². The number of aryl methyl sites for hydroxylation is 2. The lowest BCUT2D eigenvalue weighted by molar-refractivity contribution is 0.128. The van der Waals surface area contributed by atoms with Crippen LogP contribution in [0.15, 0.2) is 0 Å². The maximum atomic E-state index is 6.40. The Bertz CT molecular complexity index is 429. The van der Waals surface area contributed by atoms with Gasteiger partial charge in [-0.25, -0.2) is 0 Å². The molecule has 0 aliphatic carbocycles. The third-order valence-electron chi connectivity index (χ3n) is 4.08. The van der Waals surface area contributed by atoms with Gasteiger partial charge >= 0.3 is 0 Å². The monoisotopic (exact) mass is 284 g/mol. The average Bonchev–Trinajstić information content (AvgIpc) is 2.68. The first kappa shape index (κ1) is 14.8.